The number of carbonyl (C=O) groups is 1. The molecule has 2 rings (SSSR count). The van der Waals surface area contributed by atoms with E-state index in [1.54, 1.807) is 18.0 Å². The van der Waals surface area contributed by atoms with Crippen molar-refractivity contribution in [2.45, 2.75) is 13.0 Å². The van der Waals surface area contributed by atoms with Gasteiger partial charge in [-0.05, 0) is 19.1 Å². The van der Waals surface area contributed by atoms with E-state index in [0.29, 0.717) is 11.3 Å². The van der Waals surface area contributed by atoms with Gasteiger partial charge in [0.05, 0.1) is 24.6 Å². The van der Waals surface area contributed by atoms with Crippen LogP contribution in [0.3, 0.4) is 0 Å². The van der Waals surface area contributed by atoms with E-state index in [1.165, 1.54) is 6.20 Å². The van der Waals surface area contributed by atoms with E-state index in [9.17, 15) is 4.79 Å². The Morgan fingerprint density at radius 3 is 2.74 bits per heavy atom. The average molecular weight is 260 g/mol. The van der Waals surface area contributed by atoms with Crippen molar-refractivity contribution in [3.63, 3.8) is 0 Å². The smallest absolute Gasteiger partial charge is 0.251 e. The number of ether oxygens (including phenoxy) is 1. The first kappa shape index (κ1) is 13.1. The Labute approximate surface area is 111 Å². The molecule has 6 heteroatoms. The summed E-state index contributed by atoms with van der Waals surface area (Å²) in [6.07, 6.45) is 3.00. The first-order chi connectivity index (χ1) is 9.04. The number of rotatable bonds is 4. The van der Waals surface area contributed by atoms with Crippen LogP contribution in [0.4, 0.5) is 0 Å². The van der Waals surface area contributed by atoms with Crippen molar-refractivity contribution in [3.05, 3.63) is 41.7 Å². The second kappa shape index (κ2) is 5.11. The van der Waals surface area contributed by atoms with Gasteiger partial charge in [0.1, 0.15) is 5.75 Å². The standard InChI is InChI=1S/C13H16N4O2/c1-8(14)12-10(4-3-5-11(12)19-2)17-7-9(6-16-17)13(15)18/h3-8H,14H2,1-2H3,(H2,15,18)/t8-/m0/s1. The molecule has 0 unspecified atom stereocenters. The molecule has 19 heavy (non-hydrogen) atoms. The molecule has 1 amide bonds. The van der Waals surface area contributed by atoms with Crippen LogP contribution in [-0.2, 0) is 0 Å². The van der Waals surface area contributed by atoms with Crippen LogP contribution in [0.15, 0.2) is 30.6 Å². The van der Waals surface area contributed by atoms with E-state index in [1.807, 2.05) is 25.1 Å². The number of primary amides is 1. The van der Waals surface area contributed by atoms with Gasteiger partial charge in [-0.25, -0.2) is 4.68 Å². The summed E-state index contributed by atoms with van der Waals surface area (Å²) >= 11 is 0. The fraction of sp³-hybridized carbons (Fsp3) is 0.231. The average Bonchev–Trinajstić information content (AvgIpc) is 2.87. The minimum atomic E-state index is -0.517. The van der Waals surface area contributed by atoms with Crippen molar-refractivity contribution in [2.24, 2.45) is 11.5 Å². The molecule has 0 saturated heterocycles. The van der Waals surface area contributed by atoms with Gasteiger partial charge in [0.15, 0.2) is 0 Å². The van der Waals surface area contributed by atoms with E-state index < -0.39 is 5.91 Å². The van der Waals surface area contributed by atoms with Crippen molar-refractivity contribution in [2.75, 3.05) is 7.11 Å². The van der Waals surface area contributed by atoms with Crippen LogP contribution in [0.25, 0.3) is 5.69 Å². The highest BCUT2D eigenvalue weighted by Gasteiger charge is 2.16. The van der Waals surface area contributed by atoms with E-state index in [4.69, 9.17) is 16.2 Å². The normalized spacial score (nSPS) is 12.2. The lowest BCUT2D eigenvalue weighted by Gasteiger charge is -2.16. The van der Waals surface area contributed by atoms with Crippen molar-refractivity contribution < 1.29 is 9.53 Å². The van der Waals surface area contributed by atoms with Crippen LogP contribution in [0.1, 0.15) is 28.9 Å². The maximum Gasteiger partial charge on any atom is 0.251 e. The lowest BCUT2D eigenvalue weighted by Crippen LogP contribution is -2.12. The summed E-state index contributed by atoms with van der Waals surface area (Å²) in [6, 6.07) is 5.30. The number of hydrogen-bond acceptors (Lipinski definition) is 4. The predicted octanol–water partition coefficient (Wildman–Crippen LogP) is 1.000. The minimum Gasteiger partial charge on any atom is -0.496 e. The van der Waals surface area contributed by atoms with Crippen LogP contribution >= 0.6 is 0 Å². The van der Waals surface area contributed by atoms with Crippen molar-refractivity contribution in [1.29, 1.82) is 0 Å². The number of aromatic nitrogens is 2. The molecule has 1 atom stereocenters. The lowest BCUT2D eigenvalue weighted by atomic mass is 10.1. The van der Waals surface area contributed by atoms with Crippen LogP contribution in [0, 0.1) is 0 Å². The third kappa shape index (κ3) is 2.43. The fourth-order valence-corrected chi connectivity index (χ4v) is 1.95. The molecule has 6 nitrogen and oxygen atoms in total. The van der Waals surface area contributed by atoms with Gasteiger partial charge in [-0.15, -0.1) is 0 Å². The largest absolute Gasteiger partial charge is 0.496 e. The Morgan fingerprint density at radius 1 is 1.47 bits per heavy atom. The van der Waals surface area contributed by atoms with Crippen molar-refractivity contribution in [1.82, 2.24) is 9.78 Å². The Bertz CT molecular complexity index is 604. The first-order valence-electron chi connectivity index (χ1n) is 5.82. The van der Waals surface area contributed by atoms with Crippen LogP contribution in [-0.4, -0.2) is 22.8 Å². The van der Waals surface area contributed by atoms with E-state index >= 15 is 0 Å². The maximum absolute atomic E-state index is 11.1. The Kier molecular flexibility index (Phi) is 3.52. The highest BCUT2D eigenvalue weighted by Crippen LogP contribution is 2.29. The second-order valence-electron chi connectivity index (χ2n) is 4.22. The summed E-state index contributed by atoms with van der Waals surface area (Å²) < 4.78 is 6.88. The number of benzene rings is 1. The van der Waals surface area contributed by atoms with E-state index in [0.717, 1.165) is 11.3 Å². The molecule has 0 aliphatic carbocycles. The van der Waals surface area contributed by atoms with E-state index in [-0.39, 0.29) is 6.04 Å². The molecule has 0 spiro atoms. The summed E-state index contributed by atoms with van der Waals surface area (Å²) in [5.74, 6) is 0.167. The van der Waals surface area contributed by atoms with Crippen molar-refractivity contribution >= 4 is 5.91 Å². The fourth-order valence-electron chi connectivity index (χ4n) is 1.95. The zero-order valence-electron chi connectivity index (χ0n) is 10.8. The molecule has 2 aromatic rings. The summed E-state index contributed by atoms with van der Waals surface area (Å²) in [5, 5.41) is 4.13. The monoisotopic (exact) mass is 260 g/mol. The first-order valence-corrected chi connectivity index (χ1v) is 5.82. The van der Waals surface area contributed by atoms with Gasteiger partial charge in [0.25, 0.3) is 5.91 Å². The van der Waals surface area contributed by atoms with Gasteiger partial charge in [-0.3, -0.25) is 4.79 Å². The maximum atomic E-state index is 11.1. The highest BCUT2D eigenvalue weighted by atomic mass is 16.5. The number of amides is 1. The van der Waals surface area contributed by atoms with E-state index in [2.05, 4.69) is 5.10 Å². The highest BCUT2D eigenvalue weighted by molar-refractivity contribution is 5.92. The molecular formula is C13H16N4O2. The predicted molar refractivity (Wildman–Crippen MR) is 71.2 cm³/mol. The number of nitrogens with zero attached hydrogens (tertiary/aromatic N) is 2. The molecule has 4 N–H and O–H groups in total. The second-order valence-corrected chi connectivity index (χ2v) is 4.22. The molecule has 1 aromatic heterocycles. The molecule has 0 radical (unpaired) electrons. The molecular weight excluding hydrogens is 244 g/mol. The zero-order valence-corrected chi connectivity index (χ0v) is 10.8. The van der Waals surface area contributed by atoms with Gasteiger partial charge >= 0.3 is 0 Å². The van der Waals surface area contributed by atoms with Gasteiger partial charge in [0, 0.05) is 17.8 Å². The Morgan fingerprint density at radius 2 is 2.21 bits per heavy atom. The molecule has 0 saturated carbocycles. The minimum absolute atomic E-state index is 0.229. The summed E-state index contributed by atoms with van der Waals surface area (Å²) in [7, 11) is 1.59. The SMILES string of the molecule is COc1cccc(-n2cc(C(N)=O)cn2)c1[C@H](C)N. The van der Waals surface area contributed by atoms with Crippen LogP contribution < -0.4 is 16.2 Å². The molecule has 0 fully saturated rings. The van der Waals surface area contributed by atoms with Crippen LogP contribution in [0.2, 0.25) is 0 Å². The summed E-state index contributed by atoms with van der Waals surface area (Å²) in [6.45, 7) is 1.86. The molecule has 0 aliphatic heterocycles. The zero-order chi connectivity index (χ0) is 14.0. The van der Waals surface area contributed by atoms with Crippen LogP contribution in [0.5, 0.6) is 5.75 Å². The molecule has 0 bridgehead atoms. The number of hydrogen-bond donors (Lipinski definition) is 2. The van der Waals surface area contributed by atoms with Gasteiger partial charge in [-0.2, -0.15) is 5.10 Å². The quantitative estimate of drug-likeness (QED) is 0.857. The lowest BCUT2D eigenvalue weighted by molar-refractivity contribution is 0.100. The Hall–Kier alpha value is -2.34. The third-order valence-corrected chi connectivity index (χ3v) is 2.83. The summed E-state index contributed by atoms with van der Waals surface area (Å²) in [5.41, 5.74) is 13.1. The molecule has 0 aliphatic rings. The van der Waals surface area contributed by atoms with Gasteiger partial charge in [-0.1, -0.05) is 6.07 Å². The summed E-state index contributed by atoms with van der Waals surface area (Å²) in [4.78, 5) is 11.1. The Balaban J connectivity index is 2.57. The number of carbonyl (C=O) groups excluding carboxylic acids is 1. The molecule has 100 valence electrons. The van der Waals surface area contributed by atoms with Crippen molar-refractivity contribution in [3.8, 4) is 11.4 Å². The van der Waals surface area contributed by atoms with Gasteiger partial charge < -0.3 is 16.2 Å². The molecule has 1 heterocycles. The van der Waals surface area contributed by atoms with Gasteiger partial charge in [0.2, 0.25) is 0 Å². The third-order valence-electron chi connectivity index (χ3n) is 2.83. The topological polar surface area (TPSA) is 96.2 Å². The number of nitrogens with two attached hydrogens (primary N) is 2. The molecule has 1 aromatic carbocycles. The number of methoxy groups -OCH3 is 1.